The Morgan fingerprint density at radius 2 is 2.25 bits per heavy atom. The second-order valence-electron chi connectivity index (χ2n) is 4.90. The first-order valence-electron chi connectivity index (χ1n) is 6.39. The highest BCUT2D eigenvalue weighted by Gasteiger charge is 2.33. The maximum atomic E-state index is 12.5. The summed E-state index contributed by atoms with van der Waals surface area (Å²) in [4.78, 5) is -0.00107. The van der Waals surface area contributed by atoms with Crippen molar-refractivity contribution < 1.29 is 13.5 Å². The minimum atomic E-state index is -3.68. The first kappa shape index (κ1) is 14.8. The number of hydrogen-bond acceptors (Lipinski definition) is 5. The molecule has 1 heterocycles. The summed E-state index contributed by atoms with van der Waals surface area (Å²) in [7, 11) is -3.68. The lowest BCUT2D eigenvalue weighted by molar-refractivity contribution is 0.259. The zero-order valence-electron chi connectivity index (χ0n) is 11.0. The molecule has 6 nitrogen and oxygen atoms in total. The van der Waals surface area contributed by atoms with Crippen molar-refractivity contribution in [2.24, 2.45) is 5.92 Å². The van der Waals surface area contributed by atoms with Gasteiger partial charge in [0.05, 0.1) is 5.56 Å². The summed E-state index contributed by atoms with van der Waals surface area (Å²) in [6, 6.07) is 6.10. The van der Waals surface area contributed by atoms with Crippen molar-refractivity contribution in [2.75, 3.05) is 25.4 Å². The molecule has 0 bridgehead atoms. The number of benzene rings is 1. The second-order valence-corrected chi connectivity index (χ2v) is 6.80. The van der Waals surface area contributed by atoms with Gasteiger partial charge in [0, 0.05) is 25.4 Å². The minimum absolute atomic E-state index is 0.00107. The van der Waals surface area contributed by atoms with Crippen LogP contribution in [0.15, 0.2) is 23.1 Å². The van der Waals surface area contributed by atoms with Crippen LogP contribution >= 0.6 is 0 Å². The SMILES string of the molecule is N#Cc1cc(N)ccc1S(=O)(=O)N1CCC(CCO)C1. The average Bonchev–Trinajstić information content (AvgIpc) is 2.88. The minimum Gasteiger partial charge on any atom is -0.399 e. The number of sulfonamides is 1. The molecule has 0 radical (unpaired) electrons. The number of rotatable bonds is 4. The lowest BCUT2D eigenvalue weighted by Crippen LogP contribution is -2.29. The average molecular weight is 295 g/mol. The van der Waals surface area contributed by atoms with Crippen molar-refractivity contribution in [2.45, 2.75) is 17.7 Å². The Balaban J connectivity index is 2.30. The lowest BCUT2D eigenvalue weighted by Gasteiger charge is -2.17. The summed E-state index contributed by atoms with van der Waals surface area (Å²) >= 11 is 0. The molecule has 0 aliphatic carbocycles. The molecule has 1 aliphatic rings. The van der Waals surface area contributed by atoms with Gasteiger partial charge in [-0.15, -0.1) is 0 Å². The quantitative estimate of drug-likeness (QED) is 0.788. The predicted octanol–water partition coefficient (Wildman–Crippen LogP) is 0.533. The summed E-state index contributed by atoms with van der Waals surface area (Å²) < 4.78 is 26.5. The monoisotopic (exact) mass is 295 g/mol. The Morgan fingerprint density at radius 3 is 2.90 bits per heavy atom. The third-order valence-corrected chi connectivity index (χ3v) is 5.45. The molecular weight excluding hydrogens is 278 g/mol. The van der Waals surface area contributed by atoms with Crippen LogP contribution in [0, 0.1) is 17.2 Å². The fraction of sp³-hybridized carbons (Fsp3) is 0.462. The van der Waals surface area contributed by atoms with Crippen molar-refractivity contribution in [1.82, 2.24) is 4.31 Å². The topological polar surface area (TPSA) is 107 Å². The Kier molecular flexibility index (Phi) is 4.28. The zero-order valence-corrected chi connectivity index (χ0v) is 11.8. The van der Waals surface area contributed by atoms with Gasteiger partial charge in [0.2, 0.25) is 10.0 Å². The highest BCUT2D eigenvalue weighted by Crippen LogP contribution is 2.28. The first-order chi connectivity index (χ1) is 9.48. The fourth-order valence-corrected chi connectivity index (χ4v) is 4.09. The Labute approximate surface area is 118 Å². The van der Waals surface area contributed by atoms with Crippen LogP contribution in [0.4, 0.5) is 5.69 Å². The third kappa shape index (κ3) is 2.77. The molecular formula is C13H17N3O3S. The van der Waals surface area contributed by atoms with E-state index in [1.165, 1.54) is 22.5 Å². The molecule has 0 aromatic heterocycles. The number of anilines is 1. The van der Waals surface area contributed by atoms with Crippen molar-refractivity contribution in [1.29, 1.82) is 5.26 Å². The highest BCUT2D eigenvalue weighted by molar-refractivity contribution is 7.89. The van der Waals surface area contributed by atoms with E-state index in [2.05, 4.69) is 0 Å². The van der Waals surface area contributed by atoms with E-state index in [9.17, 15) is 8.42 Å². The highest BCUT2D eigenvalue weighted by atomic mass is 32.2. The number of hydrogen-bond donors (Lipinski definition) is 2. The number of nitrogens with zero attached hydrogens (tertiary/aromatic N) is 2. The fourth-order valence-electron chi connectivity index (χ4n) is 2.43. The van der Waals surface area contributed by atoms with Gasteiger partial charge in [0.1, 0.15) is 11.0 Å². The number of aliphatic hydroxyl groups excluding tert-OH is 1. The molecule has 1 saturated heterocycles. The van der Waals surface area contributed by atoms with E-state index < -0.39 is 10.0 Å². The predicted molar refractivity (Wildman–Crippen MR) is 74.1 cm³/mol. The van der Waals surface area contributed by atoms with Gasteiger partial charge in [-0.1, -0.05) is 0 Å². The van der Waals surface area contributed by atoms with Crippen LogP contribution in [-0.4, -0.2) is 37.5 Å². The van der Waals surface area contributed by atoms with Gasteiger partial charge >= 0.3 is 0 Å². The number of aliphatic hydroxyl groups is 1. The smallest absolute Gasteiger partial charge is 0.244 e. The van der Waals surface area contributed by atoms with Crippen LogP contribution in [0.3, 0.4) is 0 Å². The van der Waals surface area contributed by atoms with Gasteiger partial charge in [-0.3, -0.25) is 0 Å². The molecule has 0 spiro atoms. The molecule has 108 valence electrons. The molecule has 7 heteroatoms. The maximum Gasteiger partial charge on any atom is 0.244 e. The van der Waals surface area contributed by atoms with Gasteiger partial charge in [-0.2, -0.15) is 9.57 Å². The van der Waals surface area contributed by atoms with E-state index in [1.54, 1.807) is 0 Å². The molecule has 0 saturated carbocycles. The van der Waals surface area contributed by atoms with Crippen LogP contribution in [-0.2, 0) is 10.0 Å². The van der Waals surface area contributed by atoms with Gasteiger partial charge < -0.3 is 10.8 Å². The van der Waals surface area contributed by atoms with Gasteiger partial charge in [0.15, 0.2) is 0 Å². The molecule has 1 atom stereocenters. The first-order valence-corrected chi connectivity index (χ1v) is 7.83. The van der Waals surface area contributed by atoms with E-state index in [4.69, 9.17) is 16.1 Å². The Hall–Kier alpha value is -1.62. The molecule has 20 heavy (non-hydrogen) atoms. The van der Waals surface area contributed by atoms with E-state index in [-0.39, 0.29) is 23.0 Å². The summed E-state index contributed by atoms with van der Waals surface area (Å²) in [6.07, 6.45) is 1.33. The van der Waals surface area contributed by atoms with Crippen LogP contribution in [0.2, 0.25) is 0 Å². The molecule has 1 aromatic carbocycles. The van der Waals surface area contributed by atoms with E-state index >= 15 is 0 Å². The molecule has 1 fully saturated rings. The van der Waals surface area contributed by atoms with Crippen molar-refractivity contribution in [3.8, 4) is 6.07 Å². The molecule has 3 N–H and O–H groups in total. The van der Waals surface area contributed by atoms with Crippen molar-refractivity contribution in [3.63, 3.8) is 0 Å². The molecule has 1 unspecified atom stereocenters. The van der Waals surface area contributed by atoms with E-state index in [0.29, 0.717) is 25.2 Å². The van der Waals surface area contributed by atoms with E-state index in [0.717, 1.165) is 6.42 Å². The number of nitriles is 1. The van der Waals surface area contributed by atoms with Crippen LogP contribution < -0.4 is 5.73 Å². The Bertz CT molecular complexity index is 637. The summed E-state index contributed by atoms with van der Waals surface area (Å²) in [6.45, 7) is 0.865. The van der Waals surface area contributed by atoms with Crippen LogP contribution in [0.1, 0.15) is 18.4 Å². The van der Waals surface area contributed by atoms with Gasteiger partial charge in [-0.25, -0.2) is 8.42 Å². The second kappa shape index (κ2) is 5.79. The zero-order chi connectivity index (χ0) is 14.8. The Morgan fingerprint density at radius 1 is 1.50 bits per heavy atom. The molecule has 1 aliphatic heterocycles. The summed E-state index contributed by atoms with van der Waals surface area (Å²) in [5.74, 6) is 0.175. The van der Waals surface area contributed by atoms with Crippen LogP contribution in [0.25, 0.3) is 0 Å². The largest absolute Gasteiger partial charge is 0.399 e. The number of nitrogen functional groups attached to an aromatic ring is 1. The standard InChI is InChI=1S/C13H17N3O3S/c14-8-11-7-12(15)1-2-13(11)20(18,19)16-5-3-10(9-16)4-6-17/h1-2,7,10,17H,3-6,9,15H2. The van der Waals surface area contributed by atoms with Gasteiger partial charge in [-0.05, 0) is 37.0 Å². The van der Waals surface area contributed by atoms with E-state index in [1.807, 2.05) is 6.07 Å². The third-order valence-electron chi connectivity index (χ3n) is 3.53. The van der Waals surface area contributed by atoms with Crippen LogP contribution in [0.5, 0.6) is 0 Å². The number of nitrogens with two attached hydrogens (primary N) is 1. The molecule has 1 aromatic rings. The lowest BCUT2D eigenvalue weighted by atomic mass is 10.1. The normalized spacial score (nSPS) is 19.9. The van der Waals surface area contributed by atoms with Gasteiger partial charge in [0.25, 0.3) is 0 Å². The molecule has 0 amide bonds. The molecule has 2 rings (SSSR count). The van der Waals surface area contributed by atoms with Crippen molar-refractivity contribution >= 4 is 15.7 Å². The summed E-state index contributed by atoms with van der Waals surface area (Å²) in [5, 5.41) is 18.0. The summed E-state index contributed by atoms with van der Waals surface area (Å²) in [5.41, 5.74) is 6.00. The van der Waals surface area contributed by atoms with Crippen molar-refractivity contribution in [3.05, 3.63) is 23.8 Å². The maximum absolute atomic E-state index is 12.5.